The largest absolute Gasteiger partial charge is 0.380 e. The molecular weight excluding hydrogens is 352 g/mol. The smallest absolute Gasteiger partial charge is 0.292 e. The zero-order valence-electron chi connectivity index (χ0n) is 11.5. The molecule has 0 saturated carbocycles. The van der Waals surface area contributed by atoms with Crippen LogP contribution < -0.4 is 5.32 Å². The van der Waals surface area contributed by atoms with E-state index in [4.69, 9.17) is 0 Å². The number of nitro benzene ring substituents is 1. The Labute approximate surface area is 136 Å². The third kappa shape index (κ3) is 3.98. The SMILES string of the molecule is CCNc1c(CSc2ccccc2Br)cccc1[N+](=O)[O-]. The number of rotatable bonds is 6. The second-order valence-corrected chi connectivity index (χ2v) is 6.19. The molecular formula is C15H15BrN2O2S. The van der Waals surface area contributed by atoms with Crippen LogP contribution in [-0.2, 0) is 5.75 Å². The number of thioether (sulfide) groups is 1. The summed E-state index contributed by atoms with van der Waals surface area (Å²) < 4.78 is 1.03. The molecule has 0 aromatic heterocycles. The van der Waals surface area contributed by atoms with Gasteiger partial charge in [0.2, 0.25) is 0 Å². The first-order valence-electron chi connectivity index (χ1n) is 6.51. The number of hydrogen-bond donors (Lipinski definition) is 1. The van der Waals surface area contributed by atoms with Gasteiger partial charge in [0.05, 0.1) is 4.92 Å². The Kier molecular flexibility index (Phi) is 5.64. The van der Waals surface area contributed by atoms with Gasteiger partial charge in [-0.05, 0) is 40.5 Å². The summed E-state index contributed by atoms with van der Waals surface area (Å²) in [6.45, 7) is 2.58. The molecule has 0 aliphatic carbocycles. The number of para-hydroxylation sites is 1. The summed E-state index contributed by atoms with van der Waals surface area (Å²) in [6.07, 6.45) is 0. The van der Waals surface area contributed by atoms with Crippen molar-refractivity contribution in [1.82, 2.24) is 0 Å². The van der Waals surface area contributed by atoms with E-state index < -0.39 is 0 Å². The second kappa shape index (κ2) is 7.47. The summed E-state index contributed by atoms with van der Waals surface area (Å²) >= 11 is 5.16. The minimum atomic E-state index is -0.343. The summed E-state index contributed by atoms with van der Waals surface area (Å²) in [5.41, 5.74) is 1.68. The fourth-order valence-electron chi connectivity index (χ4n) is 1.96. The van der Waals surface area contributed by atoms with E-state index in [1.165, 1.54) is 6.07 Å². The minimum absolute atomic E-state index is 0.127. The molecule has 0 spiro atoms. The van der Waals surface area contributed by atoms with Crippen LogP contribution in [0.25, 0.3) is 0 Å². The molecule has 2 aromatic carbocycles. The highest BCUT2D eigenvalue weighted by Gasteiger charge is 2.16. The summed E-state index contributed by atoms with van der Waals surface area (Å²) in [5.74, 6) is 0.673. The molecule has 0 bridgehead atoms. The van der Waals surface area contributed by atoms with Gasteiger partial charge in [-0.15, -0.1) is 11.8 Å². The lowest BCUT2D eigenvalue weighted by Crippen LogP contribution is -2.04. The van der Waals surface area contributed by atoms with E-state index in [1.54, 1.807) is 17.8 Å². The summed E-state index contributed by atoms with van der Waals surface area (Å²) in [6, 6.07) is 13.1. The Morgan fingerprint density at radius 2 is 2.00 bits per heavy atom. The van der Waals surface area contributed by atoms with Crippen LogP contribution in [0.1, 0.15) is 12.5 Å². The van der Waals surface area contributed by atoms with E-state index in [1.807, 2.05) is 37.3 Å². The molecule has 21 heavy (non-hydrogen) atoms. The van der Waals surface area contributed by atoms with Crippen LogP contribution >= 0.6 is 27.7 Å². The van der Waals surface area contributed by atoms with Crippen LogP contribution in [0.15, 0.2) is 51.8 Å². The highest BCUT2D eigenvalue weighted by molar-refractivity contribution is 9.10. The van der Waals surface area contributed by atoms with Crippen LogP contribution in [-0.4, -0.2) is 11.5 Å². The average molecular weight is 367 g/mol. The number of benzene rings is 2. The Balaban J connectivity index is 2.25. The topological polar surface area (TPSA) is 55.2 Å². The highest BCUT2D eigenvalue weighted by atomic mass is 79.9. The van der Waals surface area contributed by atoms with Crippen molar-refractivity contribution >= 4 is 39.1 Å². The van der Waals surface area contributed by atoms with Crippen LogP contribution in [0.5, 0.6) is 0 Å². The maximum atomic E-state index is 11.1. The van der Waals surface area contributed by atoms with Gasteiger partial charge in [-0.2, -0.15) is 0 Å². The van der Waals surface area contributed by atoms with Crippen molar-refractivity contribution in [3.63, 3.8) is 0 Å². The highest BCUT2D eigenvalue weighted by Crippen LogP contribution is 2.35. The zero-order chi connectivity index (χ0) is 15.2. The maximum Gasteiger partial charge on any atom is 0.292 e. The van der Waals surface area contributed by atoms with Crippen molar-refractivity contribution < 1.29 is 4.92 Å². The van der Waals surface area contributed by atoms with Gasteiger partial charge in [-0.25, -0.2) is 0 Å². The van der Waals surface area contributed by atoms with E-state index in [9.17, 15) is 10.1 Å². The number of nitro groups is 1. The van der Waals surface area contributed by atoms with Crippen LogP contribution in [0.4, 0.5) is 11.4 Å². The third-order valence-electron chi connectivity index (χ3n) is 2.90. The third-order valence-corrected chi connectivity index (χ3v) is 4.98. The summed E-state index contributed by atoms with van der Waals surface area (Å²) in [5, 5.41) is 14.2. The molecule has 2 rings (SSSR count). The van der Waals surface area contributed by atoms with Gasteiger partial charge in [-0.1, -0.05) is 24.3 Å². The molecule has 0 saturated heterocycles. The predicted octanol–water partition coefficient (Wildman–Crippen LogP) is 5.08. The number of halogens is 1. The number of nitrogens with one attached hydrogen (secondary N) is 1. The van der Waals surface area contributed by atoms with Crippen molar-refractivity contribution in [2.24, 2.45) is 0 Å². The van der Waals surface area contributed by atoms with Crippen LogP contribution in [0, 0.1) is 10.1 Å². The normalized spacial score (nSPS) is 10.4. The van der Waals surface area contributed by atoms with E-state index in [0.717, 1.165) is 14.9 Å². The molecule has 0 atom stereocenters. The summed E-state index contributed by atoms with van der Waals surface area (Å²) in [4.78, 5) is 11.9. The van der Waals surface area contributed by atoms with Crippen molar-refractivity contribution in [3.8, 4) is 0 Å². The number of hydrogen-bond acceptors (Lipinski definition) is 4. The maximum absolute atomic E-state index is 11.1. The van der Waals surface area contributed by atoms with Gasteiger partial charge in [0, 0.05) is 27.7 Å². The molecule has 0 aliphatic heterocycles. The van der Waals surface area contributed by atoms with E-state index in [2.05, 4.69) is 21.2 Å². The Morgan fingerprint density at radius 3 is 2.67 bits per heavy atom. The summed E-state index contributed by atoms with van der Waals surface area (Å²) in [7, 11) is 0. The Hall–Kier alpha value is -1.53. The fraction of sp³-hybridized carbons (Fsp3) is 0.200. The first-order chi connectivity index (χ1) is 10.1. The fourth-order valence-corrected chi connectivity index (χ4v) is 3.52. The van der Waals surface area contributed by atoms with E-state index >= 15 is 0 Å². The molecule has 110 valence electrons. The molecule has 0 aliphatic rings. The second-order valence-electron chi connectivity index (χ2n) is 4.32. The van der Waals surface area contributed by atoms with E-state index in [-0.39, 0.29) is 10.6 Å². The van der Waals surface area contributed by atoms with Crippen LogP contribution in [0.2, 0.25) is 0 Å². The predicted molar refractivity (Wildman–Crippen MR) is 91.0 cm³/mol. The van der Waals surface area contributed by atoms with Gasteiger partial charge in [0.15, 0.2) is 0 Å². The number of anilines is 1. The molecule has 6 heteroatoms. The lowest BCUT2D eigenvalue weighted by Gasteiger charge is -2.11. The van der Waals surface area contributed by atoms with Crippen molar-refractivity contribution in [2.75, 3.05) is 11.9 Å². The van der Waals surface area contributed by atoms with Gasteiger partial charge >= 0.3 is 0 Å². The lowest BCUT2D eigenvalue weighted by molar-refractivity contribution is -0.384. The van der Waals surface area contributed by atoms with E-state index in [0.29, 0.717) is 18.0 Å². The molecule has 4 nitrogen and oxygen atoms in total. The number of nitrogens with zero attached hydrogens (tertiary/aromatic N) is 1. The minimum Gasteiger partial charge on any atom is -0.380 e. The molecule has 0 amide bonds. The molecule has 0 radical (unpaired) electrons. The Bertz CT molecular complexity index is 649. The van der Waals surface area contributed by atoms with Gasteiger partial charge in [0.1, 0.15) is 5.69 Å². The van der Waals surface area contributed by atoms with Crippen molar-refractivity contribution in [1.29, 1.82) is 0 Å². The first-order valence-corrected chi connectivity index (χ1v) is 8.28. The Morgan fingerprint density at radius 1 is 1.24 bits per heavy atom. The molecule has 1 N–H and O–H groups in total. The van der Waals surface area contributed by atoms with Gasteiger partial charge in [-0.3, -0.25) is 10.1 Å². The van der Waals surface area contributed by atoms with Crippen LogP contribution in [0.3, 0.4) is 0 Å². The zero-order valence-corrected chi connectivity index (χ0v) is 13.9. The van der Waals surface area contributed by atoms with Crippen molar-refractivity contribution in [2.45, 2.75) is 17.6 Å². The molecule has 0 unspecified atom stereocenters. The first kappa shape index (κ1) is 15.9. The lowest BCUT2D eigenvalue weighted by atomic mass is 10.1. The molecule has 0 fully saturated rings. The molecule has 2 aromatic rings. The monoisotopic (exact) mass is 366 g/mol. The van der Waals surface area contributed by atoms with Gasteiger partial charge < -0.3 is 5.32 Å². The van der Waals surface area contributed by atoms with Gasteiger partial charge in [0.25, 0.3) is 5.69 Å². The average Bonchev–Trinajstić information content (AvgIpc) is 2.47. The molecule has 0 heterocycles. The quantitative estimate of drug-likeness (QED) is 0.439. The standard InChI is InChI=1S/C15H15BrN2O2S/c1-2-17-15-11(6-5-8-13(15)18(19)20)10-21-14-9-4-3-7-12(14)16/h3-9,17H,2,10H2,1H3. The van der Waals surface area contributed by atoms with Crippen molar-refractivity contribution in [3.05, 3.63) is 62.6 Å².